The van der Waals surface area contributed by atoms with Gasteiger partial charge >= 0.3 is 0 Å². The molecule has 0 atom stereocenters. The predicted octanol–water partition coefficient (Wildman–Crippen LogP) is 30.6. The standard InChI is InChI=1S/C119H116BN3/c1-112(2,3)81-54-45-76(46-55-81)94-68-87(116(13,14)15)69-95(77-47-56-82(57-48-77)113(4,5)6)110(94)122-102-65-53-80(75-35-25-22-26-36-75)67-100(102)120-99-64-62-90(121-101-44-34-32-42-93(101)107-103(121)66-63-92-91-41-31-33-43-98(91)119(108(92)107,85-37-27-23-28-38-85)86-39-29-24-30-40-86)74-104(99)123(106-73-89(118(19,20)21)72-105(122)109(106)120)111-96(78-49-58-83(59-50-78)114(7,8)9)70-88(117(16,17)18)71-97(111)79-51-60-84(61-52-79)115(10,11)12/h22-74H,1-21H3. The molecule has 0 N–H and O–H groups in total. The minimum atomic E-state index is -0.658. The molecule has 0 amide bonds. The lowest BCUT2D eigenvalue weighted by molar-refractivity contribution is 0.589. The minimum absolute atomic E-state index is 0.0609. The van der Waals surface area contributed by atoms with Crippen LogP contribution in [0.25, 0.3) is 94.3 Å². The molecule has 0 saturated heterocycles. The van der Waals surface area contributed by atoms with Gasteiger partial charge in [-0.05, 0) is 227 Å². The Labute approximate surface area is 732 Å². The van der Waals surface area contributed by atoms with Crippen molar-refractivity contribution in [3.8, 4) is 72.4 Å². The SMILES string of the molecule is CC(C)(C)c1ccc(-c2cc(C(C)(C)C)cc(-c3ccc(C(C)(C)C)cc3)c2N2c3ccc(-c4ccccc4)cc3B3c4ccc(-n5c6ccccc6c6c7c(ccc65)-c5ccccc5C7(c5ccccc5)c5ccccc5)cc4N(c4c(-c5ccc(C(C)(C)C)cc5)cc(C(C)(C)C)cc4-c4ccc(C(C)(C)C)cc4)c4cc(C(C)(C)C)cc2c43)cc1. The molecule has 16 aromatic rings. The number of aromatic nitrogens is 1. The Bertz CT molecular complexity index is 6630. The summed E-state index contributed by atoms with van der Waals surface area (Å²) in [6.07, 6.45) is 0. The Hall–Kier alpha value is -12.2. The van der Waals surface area contributed by atoms with Crippen LogP contribution in [0.3, 0.4) is 0 Å². The van der Waals surface area contributed by atoms with E-state index in [0.717, 1.165) is 56.3 Å². The topological polar surface area (TPSA) is 11.4 Å². The summed E-state index contributed by atoms with van der Waals surface area (Å²) in [4.78, 5) is 5.57. The van der Waals surface area contributed by atoms with Gasteiger partial charge in [0.05, 0.1) is 27.8 Å². The highest BCUT2D eigenvalue weighted by atomic mass is 15.2. The van der Waals surface area contributed by atoms with Crippen LogP contribution in [0, 0.1) is 0 Å². The Morgan fingerprint density at radius 3 is 1.07 bits per heavy atom. The van der Waals surface area contributed by atoms with Crippen LogP contribution in [-0.2, 0) is 43.3 Å². The Morgan fingerprint density at radius 1 is 0.244 bits per heavy atom. The zero-order valence-electron chi connectivity index (χ0n) is 76.0. The molecule has 1 aromatic heterocycles. The first kappa shape index (κ1) is 80.5. The molecular weight excluding hydrogens is 1480 g/mol. The van der Waals surface area contributed by atoms with Crippen LogP contribution in [0.2, 0.25) is 0 Å². The van der Waals surface area contributed by atoms with Crippen LogP contribution in [0.15, 0.2) is 322 Å². The Morgan fingerprint density at radius 2 is 0.626 bits per heavy atom. The second-order valence-electron chi connectivity index (χ2n) is 42.6. The molecule has 610 valence electrons. The second-order valence-corrected chi connectivity index (χ2v) is 42.6. The lowest BCUT2D eigenvalue weighted by Crippen LogP contribution is -2.61. The molecule has 0 saturated carbocycles. The monoisotopic (exact) mass is 1600 g/mol. The molecule has 19 rings (SSSR count). The normalized spacial score (nSPS) is 13.9. The number of fused-ring (bicyclic) bond motifs is 11. The third-order valence-corrected chi connectivity index (χ3v) is 27.2. The van der Waals surface area contributed by atoms with Crippen LogP contribution in [0.5, 0.6) is 0 Å². The van der Waals surface area contributed by atoms with Crippen molar-refractivity contribution in [3.63, 3.8) is 0 Å². The Kier molecular flexibility index (Phi) is 18.9. The predicted molar refractivity (Wildman–Crippen MR) is 530 cm³/mol. The van der Waals surface area contributed by atoms with E-state index in [1.54, 1.807) is 0 Å². The van der Waals surface area contributed by atoms with Gasteiger partial charge in [0.25, 0.3) is 6.71 Å². The minimum Gasteiger partial charge on any atom is -0.310 e. The molecule has 2 aliphatic heterocycles. The fraction of sp³-hybridized carbons (Fsp3) is 0.244. The van der Waals surface area contributed by atoms with Crippen LogP contribution >= 0.6 is 0 Å². The highest BCUT2D eigenvalue weighted by molar-refractivity contribution is 7.00. The summed E-state index contributed by atoms with van der Waals surface area (Å²) in [7, 11) is 0. The van der Waals surface area contributed by atoms with Gasteiger partial charge in [0, 0.05) is 61.5 Å². The molecule has 0 radical (unpaired) electrons. The molecule has 3 aliphatic rings. The molecule has 0 bridgehead atoms. The molecule has 0 unspecified atom stereocenters. The lowest BCUT2D eigenvalue weighted by atomic mass is 9.33. The highest BCUT2D eigenvalue weighted by Crippen LogP contribution is 2.61. The molecule has 3 nitrogen and oxygen atoms in total. The van der Waals surface area contributed by atoms with Gasteiger partial charge in [-0.1, -0.05) is 400 Å². The maximum atomic E-state index is 2.80. The van der Waals surface area contributed by atoms with E-state index in [9.17, 15) is 0 Å². The molecular formula is C119H116BN3. The maximum absolute atomic E-state index is 2.80. The number of para-hydroxylation sites is 1. The van der Waals surface area contributed by atoms with E-state index in [-0.39, 0.29) is 44.6 Å². The third-order valence-electron chi connectivity index (χ3n) is 27.2. The number of nitrogens with zero attached hydrogens (tertiary/aromatic N) is 3. The summed E-state index contributed by atoms with van der Waals surface area (Å²) in [6, 6.07) is 126. The van der Waals surface area contributed by atoms with Crippen LogP contribution < -0.4 is 26.2 Å². The van der Waals surface area contributed by atoms with Crippen LogP contribution in [0.1, 0.15) is 207 Å². The number of hydrogen-bond acceptors (Lipinski definition) is 2. The number of hydrogen-bond donors (Lipinski definition) is 0. The number of benzene rings is 15. The first-order chi connectivity index (χ1) is 58.4. The third kappa shape index (κ3) is 13.5. The van der Waals surface area contributed by atoms with Gasteiger partial charge in [0.15, 0.2) is 0 Å². The van der Waals surface area contributed by atoms with Crippen molar-refractivity contribution in [3.05, 3.63) is 383 Å². The van der Waals surface area contributed by atoms with Gasteiger partial charge in [0.2, 0.25) is 0 Å². The van der Waals surface area contributed by atoms with Gasteiger partial charge in [-0.25, -0.2) is 0 Å². The van der Waals surface area contributed by atoms with E-state index in [1.807, 2.05) is 0 Å². The molecule has 1 aliphatic carbocycles. The Balaban J connectivity index is 0.995. The first-order valence-electron chi connectivity index (χ1n) is 44.7. The van der Waals surface area contributed by atoms with Crippen molar-refractivity contribution in [2.24, 2.45) is 0 Å². The molecule has 3 heterocycles. The molecule has 4 heteroatoms. The van der Waals surface area contributed by atoms with Gasteiger partial charge in [-0.2, -0.15) is 0 Å². The summed E-state index contributed by atoms with van der Waals surface area (Å²) in [5, 5.41) is 2.47. The van der Waals surface area contributed by atoms with Crippen molar-refractivity contribution < 1.29 is 0 Å². The van der Waals surface area contributed by atoms with Crippen molar-refractivity contribution in [1.82, 2.24) is 4.57 Å². The van der Waals surface area contributed by atoms with E-state index in [1.165, 1.54) is 150 Å². The van der Waals surface area contributed by atoms with E-state index < -0.39 is 5.41 Å². The van der Waals surface area contributed by atoms with E-state index in [4.69, 9.17) is 0 Å². The summed E-state index contributed by atoms with van der Waals surface area (Å²) in [6.45, 7) is 49.4. The van der Waals surface area contributed by atoms with Gasteiger partial charge < -0.3 is 14.4 Å². The highest BCUT2D eigenvalue weighted by Gasteiger charge is 2.50. The molecule has 0 fully saturated rings. The molecule has 123 heavy (non-hydrogen) atoms. The zero-order chi connectivity index (χ0) is 86.1. The van der Waals surface area contributed by atoms with Crippen molar-refractivity contribution >= 4 is 79.0 Å². The molecule has 15 aromatic carbocycles. The average molecular weight is 1600 g/mol. The fourth-order valence-corrected chi connectivity index (χ4v) is 20.2. The maximum Gasteiger partial charge on any atom is 0.252 e. The van der Waals surface area contributed by atoms with Crippen molar-refractivity contribution in [2.45, 2.75) is 189 Å². The van der Waals surface area contributed by atoms with Crippen molar-refractivity contribution in [2.75, 3.05) is 9.80 Å². The summed E-state index contributed by atoms with van der Waals surface area (Å²) in [5.74, 6) is 0. The van der Waals surface area contributed by atoms with E-state index in [0.29, 0.717) is 0 Å². The van der Waals surface area contributed by atoms with Crippen LogP contribution in [0.4, 0.5) is 34.1 Å². The quantitative estimate of drug-likeness (QED) is 0.126. The number of rotatable bonds is 10. The van der Waals surface area contributed by atoms with Gasteiger partial charge in [0.1, 0.15) is 0 Å². The summed E-state index contributed by atoms with van der Waals surface area (Å²) >= 11 is 0. The molecule has 0 spiro atoms. The van der Waals surface area contributed by atoms with Crippen molar-refractivity contribution in [1.29, 1.82) is 0 Å². The van der Waals surface area contributed by atoms with E-state index in [2.05, 4.69) is 481 Å². The van der Waals surface area contributed by atoms with E-state index >= 15 is 0 Å². The van der Waals surface area contributed by atoms with Gasteiger partial charge in [-0.15, -0.1) is 0 Å². The average Bonchev–Trinajstić information content (AvgIpc) is 1.55. The zero-order valence-corrected chi connectivity index (χ0v) is 76.0. The lowest BCUT2D eigenvalue weighted by Gasteiger charge is -2.47. The second kappa shape index (κ2) is 29.0. The smallest absolute Gasteiger partial charge is 0.252 e. The van der Waals surface area contributed by atoms with Crippen LogP contribution in [-0.4, -0.2) is 11.3 Å². The fourth-order valence-electron chi connectivity index (χ4n) is 20.2. The first-order valence-corrected chi connectivity index (χ1v) is 44.7. The largest absolute Gasteiger partial charge is 0.310 e. The summed E-state index contributed by atoms with van der Waals surface area (Å²) < 4.78 is 2.62. The number of anilines is 6. The van der Waals surface area contributed by atoms with Gasteiger partial charge in [-0.3, -0.25) is 0 Å². The summed E-state index contributed by atoms with van der Waals surface area (Å²) in [5.41, 5.74) is 40.6.